The molecule has 9 heteroatoms. The van der Waals surface area contributed by atoms with Gasteiger partial charge in [0.25, 0.3) is 5.56 Å². The summed E-state index contributed by atoms with van der Waals surface area (Å²) in [4.78, 5) is 26.5. The molecule has 0 saturated carbocycles. The molecule has 0 saturated heterocycles. The minimum absolute atomic E-state index is 0.103. The lowest BCUT2D eigenvalue weighted by atomic mass is 10.1. The number of hydrogen-bond acceptors (Lipinski definition) is 8. The van der Waals surface area contributed by atoms with E-state index in [1.54, 1.807) is 18.2 Å². The minimum atomic E-state index is -0.489. The van der Waals surface area contributed by atoms with E-state index in [0.29, 0.717) is 31.5 Å². The Balaban J connectivity index is 1.60. The molecule has 0 radical (unpaired) electrons. The van der Waals surface area contributed by atoms with Crippen LogP contribution in [0.3, 0.4) is 0 Å². The minimum Gasteiger partial charge on any atom is -0.506 e. The van der Waals surface area contributed by atoms with Gasteiger partial charge in [0.05, 0.1) is 20.2 Å². The molecule has 1 aliphatic heterocycles. The molecule has 4 rings (SSSR count). The number of benzene rings is 1. The molecule has 0 fully saturated rings. The highest BCUT2D eigenvalue weighted by Crippen LogP contribution is 2.40. The molecule has 130 valence electrons. The first-order valence-corrected chi connectivity index (χ1v) is 9.21. The van der Waals surface area contributed by atoms with Crippen molar-refractivity contribution in [1.29, 1.82) is 5.26 Å². The van der Waals surface area contributed by atoms with Crippen molar-refractivity contribution >= 4 is 39.1 Å². The molecule has 0 aliphatic carbocycles. The Bertz CT molecular complexity index is 1140. The second-order valence-electron chi connectivity index (χ2n) is 5.38. The number of carbonyl (C=O) groups is 1. The lowest BCUT2D eigenvalue weighted by Crippen LogP contribution is -2.03. The highest BCUT2D eigenvalue weighted by atomic mass is 32.2. The van der Waals surface area contributed by atoms with Gasteiger partial charge in [0.2, 0.25) is 6.79 Å². The van der Waals surface area contributed by atoms with Gasteiger partial charge in [-0.25, -0.2) is 0 Å². The Kier molecular flexibility index (Phi) is 4.06. The van der Waals surface area contributed by atoms with E-state index in [1.165, 1.54) is 11.8 Å². The average molecular weight is 386 g/mol. The molecule has 0 amide bonds. The van der Waals surface area contributed by atoms with Crippen molar-refractivity contribution in [2.75, 3.05) is 12.5 Å². The van der Waals surface area contributed by atoms with Crippen molar-refractivity contribution in [1.82, 2.24) is 4.98 Å². The number of thioether (sulfide) groups is 1. The largest absolute Gasteiger partial charge is 0.506 e. The number of thiophene rings is 1. The topological polar surface area (TPSA) is 112 Å². The molecule has 3 heterocycles. The van der Waals surface area contributed by atoms with Crippen molar-refractivity contribution < 1.29 is 19.4 Å². The number of H-pyrrole nitrogens is 1. The van der Waals surface area contributed by atoms with Crippen LogP contribution < -0.4 is 15.0 Å². The van der Waals surface area contributed by atoms with Gasteiger partial charge in [-0.2, -0.15) is 5.26 Å². The molecule has 3 aromatic rings. The summed E-state index contributed by atoms with van der Waals surface area (Å²) in [5.41, 5.74) is 0.539. The fourth-order valence-electron chi connectivity index (χ4n) is 2.55. The molecule has 2 N–H and O–H groups in total. The maximum absolute atomic E-state index is 12.5. The summed E-state index contributed by atoms with van der Waals surface area (Å²) in [6, 6.07) is 8.07. The van der Waals surface area contributed by atoms with Gasteiger partial charge in [0, 0.05) is 11.6 Å². The highest BCUT2D eigenvalue weighted by molar-refractivity contribution is 8.02. The Hall–Kier alpha value is -2.96. The van der Waals surface area contributed by atoms with Gasteiger partial charge in [0.1, 0.15) is 17.4 Å². The molecular formula is C17H10N2O5S2. The number of aromatic hydroxyl groups is 1. The van der Waals surface area contributed by atoms with E-state index >= 15 is 0 Å². The van der Waals surface area contributed by atoms with Crippen molar-refractivity contribution in [2.24, 2.45) is 0 Å². The molecule has 1 aliphatic rings. The van der Waals surface area contributed by atoms with Crippen LogP contribution in [-0.4, -0.2) is 28.4 Å². The SMILES string of the molecule is N#Cc1c(SCC(=O)c2ccc3c(c2)OCO3)sc2c(O)cc(=O)[nH]c12. The van der Waals surface area contributed by atoms with Crippen LogP contribution in [0.5, 0.6) is 17.2 Å². The first kappa shape index (κ1) is 16.5. The number of ether oxygens (including phenoxy) is 2. The third-order valence-corrected chi connectivity index (χ3v) is 6.25. The number of nitriles is 1. The Morgan fingerprint density at radius 1 is 1.35 bits per heavy atom. The van der Waals surface area contributed by atoms with Crippen molar-refractivity contribution in [2.45, 2.75) is 4.21 Å². The van der Waals surface area contributed by atoms with E-state index in [-0.39, 0.29) is 29.6 Å². The number of carbonyl (C=O) groups excluding carboxylic acids is 1. The number of hydrogen-bond donors (Lipinski definition) is 2. The third-order valence-electron chi connectivity index (χ3n) is 3.77. The summed E-state index contributed by atoms with van der Waals surface area (Å²) in [6.07, 6.45) is 0. The lowest BCUT2D eigenvalue weighted by Gasteiger charge is -2.02. The number of Topliss-reactive ketones (excluding diaryl/α,β-unsaturated/α-hetero) is 1. The van der Waals surface area contributed by atoms with Gasteiger partial charge < -0.3 is 19.6 Å². The van der Waals surface area contributed by atoms with E-state index in [4.69, 9.17) is 9.47 Å². The second-order valence-corrected chi connectivity index (χ2v) is 7.64. The molecule has 0 spiro atoms. The van der Waals surface area contributed by atoms with Gasteiger partial charge in [-0.15, -0.1) is 23.1 Å². The fraction of sp³-hybridized carbons (Fsp3) is 0.118. The molecular weight excluding hydrogens is 376 g/mol. The van der Waals surface area contributed by atoms with E-state index in [2.05, 4.69) is 4.98 Å². The maximum atomic E-state index is 12.5. The normalized spacial score (nSPS) is 12.3. The summed E-state index contributed by atoms with van der Waals surface area (Å²) in [5.74, 6) is 0.922. The number of nitrogens with zero attached hydrogens (tertiary/aromatic N) is 1. The lowest BCUT2D eigenvalue weighted by molar-refractivity contribution is 0.102. The standard InChI is InChI=1S/C17H10N2O5S2/c18-5-9-15-16(10(20)4-14(22)19-15)26-17(9)25-6-11(21)8-1-2-12-13(3-8)24-7-23-12/h1-4H,6-7H2,(H2,19,20,22). The summed E-state index contributed by atoms with van der Waals surface area (Å²) in [6.45, 7) is 0.136. The van der Waals surface area contributed by atoms with E-state index < -0.39 is 5.56 Å². The van der Waals surface area contributed by atoms with E-state index in [9.17, 15) is 20.0 Å². The predicted molar refractivity (Wildman–Crippen MR) is 96.4 cm³/mol. The fourth-order valence-corrected chi connectivity index (χ4v) is 4.78. The van der Waals surface area contributed by atoms with Crippen molar-refractivity contribution in [3.8, 4) is 23.3 Å². The Labute approximate surface area is 154 Å². The van der Waals surface area contributed by atoms with Crippen molar-refractivity contribution in [3.05, 3.63) is 45.7 Å². The second kappa shape index (κ2) is 6.40. The molecule has 0 atom stereocenters. The average Bonchev–Trinajstić information content (AvgIpc) is 3.22. The van der Waals surface area contributed by atoms with Gasteiger partial charge in [-0.05, 0) is 18.2 Å². The van der Waals surface area contributed by atoms with Crippen LogP contribution in [0.4, 0.5) is 0 Å². The van der Waals surface area contributed by atoms with Crippen LogP contribution in [0, 0.1) is 11.3 Å². The number of pyridine rings is 1. The zero-order valence-corrected chi connectivity index (χ0v) is 14.7. The zero-order valence-electron chi connectivity index (χ0n) is 13.1. The Morgan fingerprint density at radius 2 is 2.15 bits per heavy atom. The molecule has 1 aromatic carbocycles. The summed E-state index contributed by atoms with van der Waals surface area (Å²) >= 11 is 2.35. The number of ketones is 1. The molecule has 26 heavy (non-hydrogen) atoms. The van der Waals surface area contributed by atoms with Crippen molar-refractivity contribution in [3.63, 3.8) is 0 Å². The molecule has 7 nitrogen and oxygen atoms in total. The van der Waals surface area contributed by atoms with Gasteiger partial charge >= 0.3 is 0 Å². The zero-order chi connectivity index (χ0) is 18.3. The maximum Gasteiger partial charge on any atom is 0.252 e. The summed E-state index contributed by atoms with van der Waals surface area (Å²) in [5, 5.41) is 19.3. The van der Waals surface area contributed by atoms with Gasteiger partial charge in [-0.1, -0.05) is 0 Å². The number of nitrogens with one attached hydrogen (secondary N) is 1. The first-order valence-electron chi connectivity index (χ1n) is 7.41. The number of aromatic amines is 1. The van der Waals surface area contributed by atoms with Crippen LogP contribution in [0.25, 0.3) is 10.2 Å². The van der Waals surface area contributed by atoms with Gasteiger partial charge in [0.15, 0.2) is 17.3 Å². The van der Waals surface area contributed by atoms with Crippen LogP contribution >= 0.6 is 23.1 Å². The van der Waals surface area contributed by atoms with Crippen LogP contribution in [0.15, 0.2) is 33.3 Å². The van der Waals surface area contributed by atoms with Crippen LogP contribution in [-0.2, 0) is 0 Å². The predicted octanol–water partition coefficient (Wildman–Crippen LogP) is 2.87. The van der Waals surface area contributed by atoms with Crippen LogP contribution in [0.1, 0.15) is 15.9 Å². The number of rotatable bonds is 4. The molecule has 0 bridgehead atoms. The monoisotopic (exact) mass is 386 g/mol. The molecule has 2 aromatic heterocycles. The summed E-state index contributed by atoms with van der Waals surface area (Å²) < 4.78 is 11.5. The quantitative estimate of drug-likeness (QED) is 0.524. The highest BCUT2D eigenvalue weighted by Gasteiger charge is 2.19. The molecule has 0 unspecified atom stereocenters. The smallest absolute Gasteiger partial charge is 0.252 e. The number of fused-ring (bicyclic) bond motifs is 2. The summed E-state index contributed by atoms with van der Waals surface area (Å²) in [7, 11) is 0. The van der Waals surface area contributed by atoms with Gasteiger partial charge in [-0.3, -0.25) is 9.59 Å². The van der Waals surface area contributed by atoms with Crippen LogP contribution in [0.2, 0.25) is 0 Å². The Morgan fingerprint density at radius 3 is 2.96 bits per heavy atom. The number of aromatic nitrogens is 1. The van der Waals surface area contributed by atoms with E-state index in [1.807, 2.05) is 6.07 Å². The third kappa shape index (κ3) is 2.79. The van der Waals surface area contributed by atoms with E-state index in [0.717, 1.165) is 17.4 Å². The first-order chi connectivity index (χ1) is 12.6.